The van der Waals surface area contributed by atoms with E-state index >= 15 is 0 Å². The van der Waals surface area contributed by atoms with Crippen LogP contribution in [-0.2, 0) is 11.3 Å². The summed E-state index contributed by atoms with van der Waals surface area (Å²) in [5, 5.41) is 4.28. The number of esters is 1. The third-order valence-corrected chi connectivity index (χ3v) is 3.04. The van der Waals surface area contributed by atoms with Gasteiger partial charge in [-0.15, -0.1) is 0 Å². The summed E-state index contributed by atoms with van der Waals surface area (Å²) in [5.41, 5.74) is 2.30. The molecule has 1 aromatic carbocycles. The normalized spacial score (nSPS) is 11.3. The van der Waals surface area contributed by atoms with Crippen molar-refractivity contribution in [3.8, 4) is 0 Å². The first-order chi connectivity index (χ1) is 10.3. The molecular weight excluding hydrogens is 280 g/mol. The maximum Gasteiger partial charge on any atom is 0.338 e. The van der Waals surface area contributed by atoms with Crippen LogP contribution in [0.25, 0.3) is 0 Å². The molecule has 5 nitrogen and oxygen atoms in total. The molecule has 0 saturated heterocycles. The van der Waals surface area contributed by atoms with E-state index in [1.165, 1.54) is 0 Å². The lowest BCUT2D eigenvalue weighted by Crippen LogP contribution is -2.23. The Kier molecular flexibility index (Phi) is 4.45. The zero-order chi connectivity index (χ0) is 16.3. The third kappa shape index (κ3) is 4.04. The second-order valence-corrected chi connectivity index (χ2v) is 6.18. The number of hydrogen-bond donors (Lipinski definition) is 0. The molecule has 1 heterocycles. The summed E-state index contributed by atoms with van der Waals surface area (Å²) in [6.07, 6.45) is 2.51. The first kappa shape index (κ1) is 15.9. The Morgan fingerprint density at radius 3 is 2.41 bits per heavy atom. The van der Waals surface area contributed by atoms with Crippen LogP contribution in [0.5, 0.6) is 0 Å². The van der Waals surface area contributed by atoms with Crippen molar-refractivity contribution in [2.45, 2.75) is 39.8 Å². The van der Waals surface area contributed by atoms with E-state index in [9.17, 15) is 9.59 Å². The predicted molar refractivity (Wildman–Crippen MR) is 83.1 cm³/mol. The highest BCUT2D eigenvalue weighted by Gasteiger charge is 2.17. The molecule has 22 heavy (non-hydrogen) atoms. The molecule has 0 atom stereocenters. The summed E-state index contributed by atoms with van der Waals surface area (Å²) in [6.45, 7) is 7.85. The quantitative estimate of drug-likeness (QED) is 0.643. The number of aryl methyl sites for hydroxylation is 1. The minimum absolute atomic E-state index is 0.336. The average Bonchev–Trinajstić information content (AvgIpc) is 2.77. The molecular formula is C17H20N2O3. The number of aldehydes is 1. The van der Waals surface area contributed by atoms with Crippen molar-refractivity contribution in [1.29, 1.82) is 0 Å². The van der Waals surface area contributed by atoms with E-state index in [2.05, 4.69) is 5.10 Å². The van der Waals surface area contributed by atoms with Crippen LogP contribution in [0.2, 0.25) is 0 Å². The lowest BCUT2D eigenvalue weighted by atomic mass is 10.1. The Morgan fingerprint density at radius 2 is 1.91 bits per heavy atom. The molecule has 0 aliphatic heterocycles. The Balaban J connectivity index is 2.08. The average molecular weight is 300 g/mol. The van der Waals surface area contributed by atoms with Crippen LogP contribution < -0.4 is 0 Å². The Hall–Kier alpha value is -2.43. The fourth-order valence-corrected chi connectivity index (χ4v) is 2.00. The summed E-state index contributed by atoms with van der Waals surface area (Å²) in [7, 11) is 0. The van der Waals surface area contributed by atoms with E-state index in [0.717, 1.165) is 11.8 Å². The van der Waals surface area contributed by atoms with Crippen LogP contribution >= 0.6 is 0 Å². The smallest absolute Gasteiger partial charge is 0.338 e. The van der Waals surface area contributed by atoms with Crippen molar-refractivity contribution in [2.24, 2.45) is 0 Å². The number of carbonyl (C=O) groups excluding carboxylic acids is 2. The number of nitrogens with zero attached hydrogens (tertiary/aromatic N) is 2. The molecule has 0 saturated carbocycles. The molecule has 5 heteroatoms. The third-order valence-electron chi connectivity index (χ3n) is 3.04. The summed E-state index contributed by atoms with van der Waals surface area (Å²) in [6, 6.07) is 7.19. The number of aromatic nitrogens is 2. The lowest BCUT2D eigenvalue weighted by Gasteiger charge is -2.19. The molecule has 0 spiro atoms. The summed E-state index contributed by atoms with van der Waals surface area (Å²) >= 11 is 0. The molecule has 0 amide bonds. The zero-order valence-electron chi connectivity index (χ0n) is 13.3. The molecule has 0 unspecified atom stereocenters. The van der Waals surface area contributed by atoms with Crippen LogP contribution in [0, 0.1) is 6.92 Å². The van der Waals surface area contributed by atoms with Crippen molar-refractivity contribution in [3.05, 3.63) is 52.8 Å². The minimum atomic E-state index is -0.506. The van der Waals surface area contributed by atoms with Crippen LogP contribution in [0.1, 0.15) is 52.7 Å². The van der Waals surface area contributed by atoms with Crippen LogP contribution in [-0.4, -0.2) is 27.6 Å². The van der Waals surface area contributed by atoms with Crippen molar-refractivity contribution >= 4 is 12.3 Å². The molecule has 2 rings (SSSR count). The molecule has 0 aliphatic rings. The maximum absolute atomic E-state index is 11.9. The minimum Gasteiger partial charge on any atom is -0.456 e. The van der Waals surface area contributed by atoms with Gasteiger partial charge >= 0.3 is 5.97 Å². The van der Waals surface area contributed by atoms with E-state index in [0.29, 0.717) is 23.4 Å². The first-order valence-electron chi connectivity index (χ1n) is 7.10. The Labute approximate surface area is 129 Å². The molecule has 0 aliphatic carbocycles. The van der Waals surface area contributed by atoms with Crippen LogP contribution in [0.15, 0.2) is 30.5 Å². The highest BCUT2D eigenvalue weighted by Crippen LogP contribution is 2.13. The monoisotopic (exact) mass is 300 g/mol. The van der Waals surface area contributed by atoms with E-state index in [-0.39, 0.29) is 5.97 Å². The van der Waals surface area contributed by atoms with Gasteiger partial charge in [0.15, 0.2) is 6.29 Å². The van der Waals surface area contributed by atoms with Crippen LogP contribution in [0.4, 0.5) is 0 Å². The van der Waals surface area contributed by atoms with Crippen molar-refractivity contribution in [1.82, 2.24) is 9.78 Å². The first-order valence-corrected chi connectivity index (χ1v) is 7.10. The molecule has 0 radical (unpaired) electrons. The maximum atomic E-state index is 11.9. The second kappa shape index (κ2) is 6.13. The fourth-order valence-electron chi connectivity index (χ4n) is 2.00. The topological polar surface area (TPSA) is 61.2 Å². The zero-order valence-corrected chi connectivity index (χ0v) is 13.3. The van der Waals surface area contributed by atoms with Crippen molar-refractivity contribution in [2.75, 3.05) is 0 Å². The number of rotatable bonds is 4. The van der Waals surface area contributed by atoms with Gasteiger partial charge in [-0.2, -0.15) is 5.10 Å². The molecule has 0 fully saturated rings. The van der Waals surface area contributed by atoms with Gasteiger partial charge in [0.05, 0.1) is 23.4 Å². The largest absolute Gasteiger partial charge is 0.456 e. The molecule has 0 N–H and O–H groups in total. The Bertz CT molecular complexity index is 679. The van der Waals surface area contributed by atoms with Gasteiger partial charge in [0.2, 0.25) is 0 Å². The van der Waals surface area contributed by atoms with Gasteiger partial charge in [-0.05, 0) is 45.4 Å². The Morgan fingerprint density at radius 1 is 1.27 bits per heavy atom. The van der Waals surface area contributed by atoms with Crippen LogP contribution in [0.3, 0.4) is 0 Å². The number of benzene rings is 1. The summed E-state index contributed by atoms with van der Waals surface area (Å²) < 4.78 is 7.03. The summed E-state index contributed by atoms with van der Waals surface area (Å²) in [4.78, 5) is 22.8. The number of carbonyl (C=O) groups is 2. The SMILES string of the molecule is Cc1nn(Cc2ccc(C(=O)OC(C)(C)C)cc2)cc1C=O. The molecule has 2 aromatic rings. The second-order valence-electron chi connectivity index (χ2n) is 6.18. The van der Waals surface area contributed by atoms with E-state index in [1.807, 2.05) is 32.9 Å². The standard InChI is InChI=1S/C17H20N2O3/c1-12-15(11-20)10-19(18-12)9-13-5-7-14(8-6-13)16(21)22-17(2,3)4/h5-8,10-11H,9H2,1-4H3. The van der Waals surface area contributed by atoms with Crippen molar-refractivity contribution < 1.29 is 14.3 Å². The molecule has 116 valence electrons. The lowest BCUT2D eigenvalue weighted by molar-refractivity contribution is 0.00694. The van der Waals surface area contributed by atoms with E-state index < -0.39 is 5.60 Å². The highest BCUT2D eigenvalue weighted by molar-refractivity contribution is 5.89. The van der Waals surface area contributed by atoms with Gasteiger partial charge in [-0.1, -0.05) is 12.1 Å². The van der Waals surface area contributed by atoms with Gasteiger partial charge in [0.1, 0.15) is 5.60 Å². The summed E-state index contributed by atoms with van der Waals surface area (Å²) in [5.74, 6) is -0.336. The molecule has 0 bridgehead atoms. The highest BCUT2D eigenvalue weighted by atomic mass is 16.6. The predicted octanol–water partition coefficient (Wildman–Crippen LogP) is 3.01. The number of hydrogen-bond acceptors (Lipinski definition) is 4. The van der Waals surface area contributed by atoms with Gasteiger partial charge < -0.3 is 4.74 Å². The van der Waals surface area contributed by atoms with E-state index in [1.54, 1.807) is 29.9 Å². The van der Waals surface area contributed by atoms with E-state index in [4.69, 9.17) is 4.74 Å². The van der Waals surface area contributed by atoms with Gasteiger partial charge in [0.25, 0.3) is 0 Å². The fraction of sp³-hybridized carbons (Fsp3) is 0.353. The van der Waals surface area contributed by atoms with Gasteiger partial charge in [-0.3, -0.25) is 9.48 Å². The van der Waals surface area contributed by atoms with Crippen molar-refractivity contribution in [3.63, 3.8) is 0 Å². The molecule has 1 aromatic heterocycles. The van der Waals surface area contributed by atoms with Gasteiger partial charge in [-0.25, -0.2) is 4.79 Å². The van der Waals surface area contributed by atoms with Gasteiger partial charge in [0, 0.05) is 6.20 Å². The number of ether oxygens (including phenoxy) is 1.